The molecule has 38 heavy (non-hydrogen) atoms. The molecule has 2 aliphatic rings. The van der Waals surface area contributed by atoms with Crippen molar-refractivity contribution < 1.29 is 33.4 Å². The second-order valence-corrected chi connectivity index (χ2v) is 11.5. The molecule has 214 valence electrons. The van der Waals surface area contributed by atoms with Crippen LogP contribution < -0.4 is 5.32 Å². The summed E-state index contributed by atoms with van der Waals surface area (Å²) in [7, 11) is 0. The van der Waals surface area contributed by atoms with Crippen molar-refractivity contribution in [1.29, 1.82) is 0 Å². The van der Waals surface area contributed by atoms with Gasteiger partial charge in [0.05, 0.1) is 19.6 Å². The van der Waals surface area contributed by atoms with Gasteiger partial charge in [-0.25, -0.2) is 0 Å². The predicted molar refractivity (Wildman–Crippen MR) is 140 cm³/mol. The van der Waals surface area contributed by atoms with E-state index in [4.69, 9.17) is 9.47 Å². The Balaban J connectivity index is 1.97. The Kier molecular flexibility index (Phi) is 11.4. The average molecular weight is 538 g/mol. The van der Waals surface area contributed by atoms with Crippen LogP contribution in [-0.2, 0) is 33.4 Å². The van der Waals surface area contributed by atoms with Crippen LogP contribution in [-0.4, -0.2) is 132 Å². The van der Waals surface area contributed by atoms with E-state index < -0.39 is 11.2 Å². The first kappa shape index (κ1) is 31.4. The molecular formula is C26H43N5O7. The van der Waals surface area contributed by atoms with Gasteiger partial charge in [-0.15, -0.1) is 0 Å². The Morgan fingerprint density at radius 3 is 1.45 bits per heavy atom. The van der Waals surface area contributed by atoms with E-state index in [0.29, 0.717) is 39.3 Å². The van der Waals surface area contributed by atoms with Crippen LogP contribution in [0.2, 0.25) is 0 Å². The van der Waals surface area contributed by atoms with Crippen LogP contribution in [0.4, 0.5) is 0 Å². The van der Waals surface area contributed by atoms with E-state index in [1.807, 2.05) is 56.2 Å². The van der Waals surface area contributed by atoms with Gasteiger partial charge in [0.1, 0.15) is 11.2 Å². The van der Waals surface area contributed by atoms with Gasteiger partial charge in [0.2, 0.25) is 5.91 Å². The summed E-state index contributed by atoms with van der Waals surface area (Å²) in [5, 5.41) is 2.76. The number of rotatable bonds is 9. The molecule has 0 unspecified atom stereocenters. The number of nitrogens with one attached hydrogen (secondary N) is 1. The molecular weight excluding hydrogens is 494 g/mol. The minimum absolute atomic E-state index is 0.0979. The zero-order valence-corrected chi connectivity index (χ0v) is 23.6. The highest BCUT2D eigenvalue weighted by Crippen LogP contribution is 2.10. The second kappa shape index (κ2) is 13.8. The Labute approximate surface area is 225 Å². The lowest BCUT2D eigenvalue weighted by Crippen LogP contribution is -2.45. The van der Waals surface area contributed by atoms with E-state index in [1.165, 1.54) is 12.2 Å². The smallest absolute Gasteiger partial charge is 0.320 e. The van der Waals surface area contributed by atoms with Crippen LogP contribution >= 0.6 is 0 Å². The van der Waals surface area contributed by atoms with E-state index in [-0.39, 0.29) is 62.4 Å². The second-order valence-electron chi connectivity index (χ2n) is 11.5. The molecule has 0 aliphatic carbocycles. The topological polar surface area (TPSA) is 129 Å². The van der Waals surface area contributed by atoms with E-state index in [2.05, 4.69) is 5.32 Å². The standard InChI is InChI=1S/C26H43N5O7/c1-25(2,3)37-23(35)18-29-13-11-28(12-14-30(16-15-29)19-24(36)38-26(4,5)6)17-20(32)27-9-10-31-21(33)7-8-22(31)34/h7-8H,9-19H2,1-6H3,(H,27,32). The molecule has 0 spiro atoms. The Hall–Kier alpha value is -2.83. The number of imide groups is 1. The van der Waals surface area contributed by atoms with Crippen LogP contribution in [0.5, 0.6) is 0 Å². The highest BCUT2D eigenvalue weighted by molar-refractivity contribution is 6.12. The van der Waals surface area contributed by atoms with E-state index in [9.17, 15) is 24.0 Å². The Morgan fingerprint density at radius 1 is 0.711 bits per heavy atom. The van der Waals surface area contributed by atoms with Crippen molar-refractivity contribution >= 4 is 29.7 Å². The lowest BCUT2D eigenvalue weighted by atomic mass is 10.2. The molecule has 0 aromatic carbocycles. The number of nitrogens with zero attached hydrogens (tertiary/aromatic N) is 4. The molecule has 2 rings (SSSR count). The first-order chi connectivity index (χ1) is 17.6. The third-order valence-electron chi connectivity index (χ3n) is 5.67. The summed E-state index contributed by atoms with van der Waals surface area (Å²) in [6.45, 7) is 14.7. The van der Waals surface area contributed by atoms with Crippen LogP contribution in [0.1, 0.15) is 41.5 Å². The summed E-state index contributed by atoms with van der Waals surface area (Å²) in [6.07, 6.45) is 2.42. The fourth-order valence-electron chi connectivity index (χ4n) is 3.99. The molecule has 0 aromatic rings. The van der Waals surface area contributed by atoms with Gasteiger partial charge in [-0.3, -0.25) is 43.6 Å². The largest absolute Gasteiger partial charge is 0.459 e. The fourth-order valence-corrected chi connectivity index (χ4v) is 3.99. The zero-order valence-electron chi connectivity index (χ0n) is 23.6. The summed E-state index contributed by atoms with van der Waals surface area (Å²) in [6, 6.07) is 0. The summed E-state index contributed by atoms with van der Waals surface area (Å²) in [4.78, 5) is 67.9. The van der Waals surface area contributed by atoms with Gasteiger partial charge in [-0.1, -0.05) is 0 Å². The Bertz CT molecular complexity index is 847. The minimum Gasteiger partial charge on any atom is -0.459 e. The lowest BCUT2D eigenvalue weighted by molar-refractivity contribution is -0.158. The van der Waals surface area contributed by atoms with Crippen molar-refractivity contribution in [3.8, 4) is 0 Å². The zero-order chi connectivity index (χ0) is 28.5. The van der Waals surface area contributed by atoms with Crippen molar-refractivity contribution in [2.75, 3.05) is 72.0 Å². The molecule has 3 amide bonds. The third-order valence-corrected chi connectivity index (χ3v) is 5.67. The molecule has 0 bridgehead atoms. The minimum atomic E-state index is -0.593. The maximum absolute atomic E-state index is 12.6. The maximum Gasteiger partial charge on any atom is 0.320 e. The molecule has 12 nitrogen and oxygen atoms in total. The molecule has 0 saturated carbocycles. The molecule has 0 atom stereocenters. The van der Waals surface area contributed by atoms with Crippen LogP contribution in [0.3, 0.4) is 0 Å². The van der Waals surface area contributed by atoms with Crippen LogP contribution in [0.15, 0.2) is 12.2 Å². The number of esters is 2. The number of amides is 3. The Morgan fingerprint density at radius 2 is 1.08 bits per heavy atom. The first-order valence-corrected chi connectivity index (χ1v) is 13.0. The number of carbonyl (C=O) groups excluding carboxylic acids is 5. The van der Waals surface area contributed by atoms with Crippen molar-refractivity contribution in [2.24, 2.45) is 0 Å². The van der Waals surface area contributed by atoms with Gasteiger partial charge in [-0.2, -0.15) is 0 Å². The number of carbonyl (C=O) groups is 5. The summed E-state index contributed by atoms with van der Waals surface area (Å²) in [5.41, 5.74) is -1.19. The fraction of sp³-hybridized carbons (Fsp3) is 0.731. The molecule has 1 saturated heterocycles. The molecule has 1 fully saturated rings. The molecule has 2 heterocycles. The summed E-state index contributed by atoms with van der Waals surface area (Å²) in [5.74, 6) is -1.69. The van der Waals surface area contributed by atoms with E-state index in [1.54, 1.807) is 0 Å². The molecule has 0 aromatic heterocycles. The molecule has 12 heteroatoms. The summed E-state index contributed by atoms with van der Waals surface area (Å²) < 4.78 is 11.0. The number of hydrogen-bond donors (Lipinski definition) is 1. The van der Waals surface area contributed by atoms with Gasteiger partial charge in [0.15, 0.2) is 0 Å². The predicted octanol–water partition coefficient (Wildman–Crippen LogP) is -0.369. The van der Waals surface area contributed by atoms with Gasteiger partial charge in [0.25, 0.3) is 11.8 Å². The van der Waals surface area contributed by atoms with Crippen molar-refractivity contribution in [2.45, 2.75) is 52.7 Å². The van der Waals surface area contributed by atoms with Gasteiger partial charge in [0, 0.05) is 64.5 Å². The summed E-state index contributed by atoms with van der Waals surface area (Å²) >= 11 is 0. The lowest BCUT2D eigenvalue weighted by Gasteiger charge is -2.27. The SMILES string of the molecule is CC(C)(C)OC(=O)CN1CCN(CC(=O)NCCN2C(=O)C=CC2=O)CCN(CC(=O)OC(C)(C)C)CC1. The third kappa shape index (κ3) is 12.1. The molecule has 1 N–H and O–H groups in total. The highest BCUT2D eigenvalue weighted by Gasteiger charge is 2.26. The number of hydrogen-bond acceptors (Lipinski definition) is 10. The molecule has 2 aliphatic heterocycles. The highest BCUT2D eigenvalue weighted by atomic mass is 16.6. The van der Waals surface area contributed by atoms with Crippen LogP contribution in [0, 0.1) is 0 Å². The monoisotopic (exact) mass is 537 g/mol. The van der Waals surface area contributed by atoms with E-state index >= 15 is 0 Å². The van der Waals surface area contributed by atoms with Crippen molar-refractivity contribution in [3.05, 3.63) is 12.2 Å². The van der Waals surface area contributed by atoms with Gasteiger partial charge in [-0.05, 0) is 41.5 Å². The average Bonchev–Trinajstić information content (AvgIpc) is 3.11. The van der Waals surface area contributed by atoms with Crippen molar-refractivity contribution in [3.63, 3.8) is 0 Å². The van der Waals surface area contributed by atoms with Crippen LogP contribution in [0.25, 0.3) is 0 Å². The van der Waals surface area contributed by atoms with Crippen molar-refractivity contribution in [1.82, 2.24) is 24.9 Å². The van der Waals surface area contributed by atoms with Gasteiger partial charge < -0.3 is 14.8 Å². The van der Waals surface area contributed by atoms with Gasteiger partial charge >= 0.3 is 11.9 Å². The first-order valence-electron chi connectivity index (χ1n) is 13.0. The maximum atomic E-state index is 12.6. The van der Waals surface area contributed by atoms with E-state index in [0.717, 1.165) is 4.90 Å². The number of ether oxygens (including phenoxy) is 2. The molecule has 0 radical (unpaired) electrons. The normalized spacial score (nSPS) is 18.6. The quantitative estimate of drug-likeness (QED) is 0.307.